The van der Waals surface area contributed by atoms with Crippen LogP contribution in [0.5, 0.6) is 0 Å². The molecule has 0 saturated carbocycles. The first-order valence-electron chi connectivity index (χ1n) is 9.02. The van der Waals surface area contributed by atoms with E-state index >= 15 is 0 Å². The predicted octanol–water partition coefficient (Wildman–Crippen LogP) is 4.46. The van der Waals surface area contributed by atoms with Crippen LogP contribution in [0.2, 0.25) is 0 Å². The zero-order valence-electron chi connectivity index (χ0n) is 16.5. The molecule has 152 valence electrons. The maximum absolute atomic E-state index is 12.6. The molecule has 0 N–H and O–H groups in total. The number of likely N-dealkylation sites (N-methyl/N-ethyl adjacent to an activating group) is 1. The number of rotatable bonds is 8. The first-order valence-corrected chi connectivity index (χ1v) is 10.9. The van der Waals surface area contributed by atoms with Crippen LogP contribution in [-0.2, 0) is 21.8 Å². The van der Waals surface area contributed by atoms with Crippen molar-refractivity contribution in [2.75, 3.05) is 13.7 Å². The van der Waals surface area contributed by atoms with Crippen LogP contribution in [0.25, 0.3) is 0 Å². The first kappa shape index (κ1) is 21.1. The summed E-state index contributed by atoms with van der Waals surface area (Å²) in [6.45, 7) is 3.97. The van der Waals surface area contributed by atoms with Crippen LogP contribution in [0.1, 0.15) is 32.3 Å². The fourth-order valence-corrected chi connectivity index (χ4v) is 4.61. The van der Waals surface area contributed by atoms with Gasteiger partial charge in [-0.15, -0.1) is 23.1 Å². The maximum Gasteiger partial charge on any atom is 0.339 e. The van der Waals surface area contributed by atoms with Gasteiger partial charge in [-0.2, -0.15) is 0 Å². The van der Waals surface area contributed by atoms with E-state index in [9.17, 15) is 9.59 Å². The van der Waals surface area contributed by atoms with Gasteiger partial charge >= 0.3 is 5.97 Å². The predicted molar refractivity (Wildman–Crippen MR) is 113 cm³/mol. The molecule has 8 heteroatoms. The largest absolute Gasteiger partial charge is 0.452 e. The van der Waals surface area contributed by atoms with Crippen molar-refractivity contribution in [2.24, 2.45) is 0 Å². The van der Waals surface area contributed by atoms with E-state index in [2.05, 4.69) is 5.16 Å². The highest BCUT2D eigenvalue weighted by Crippen LogP contribution is 2.29. The minimum absolute atomic E-state index is 0.243. The number of benzene rings is 1. The lowest BCUT2D eigenvalue weighted by Gasteiger charge is -2.16. The highest BCUT2D eigenvalue weighted by molar-refractivity contribution is 7.98. The molecular weight excluding hydrogens is 408 g/mol. The van der Waals surface area contributed by atoms with Gasteiger partial charge < -0.3 is 14.2 Å². The number of hydrogen-bond acceptors (Lipinski definition) is 7. The molecule has 0 aliphatic rings. The smallest absolute Gasteiger partial charge is 0.339 e. The molecule has 2 heterocycles. The summed E-state index contributed by atoms with van der Waals surface area (Å²) in [5, 5.41) is 5.92. The fourth-order valence-electron chi connectivity index (χ4n) is 2.66. The number of hydrogen-bond donors (Lipinski definition) is 0. The Bertz CT molecular complexity index is 963. The molecular formula is C21H22N2O4S2. The summed E-state index contributed by atoms with van der Waals surface area (Å²) in [6.07, 6.45) is 0. The van der Waals surface area contributed by atoms with Gasteiger partial charge in [0.1, 0.15) is 5.76 Å². The Kier molecular flexibility index (Phi) is 7.11. The SMILES string of the molecule is Cc1noc(C)c1CSc1ccccc1C(=O)OCC(=O)N(C)Cc1cccs1. The van der Waals surface area contributed by atoms with Gasteiger partial charge in [0.25, 0.3) is 5.91 Å². The molecule has 6 nitrogen and oxygen atoms in total. The Balaban J connectivity index is 1.58. The number of aryl methyl sites for hydroxylation is 2. The van der Waals surface area contributed by atoms with Crippen LogP contribution >= 0.6 is 23.1 Å². The summed E-state index contributed by atoms with van der Waals surface area (Å²) in [4.78, 5) is 28.3. The van der Waals surface area contributed by atoms with E-state index in [1.807, 2.05) is 43.5 Å². The minimum atomic E-state index is -0.510. The van der Waals surface area contributed by atoms with Crippen molar-refractivity contribution in [2.45, 2.75) is 31.0 Å². The Morgan fingerprint density at radius 1 is 1.21 bits per heavy atom. The van der Waals surface area contributed by atoms with Crippen LogP contribution in [0.3, 0.4) is 0 Å². The Labute approximate surface area is 177 Å². The van der Waals surface area contributed by atoms with Gasteiger partial charge in [0, 0.05) is 28.1 Å². The third kappa shape index (κ3) is 5.48. The topological polar surface area (TPSA) is 72.6 Å². The molecule has 0 bridgehead atoms. The van der Waals surface area contributed by atoms with Crippen LogP contribution in [0.4, 0.5) is 0 Å². The van der Waals surface area contributed by atoms with Crippen molar-refractivity contribution in [3.63, 3.8) is 0 Å². The second-order valence-electron chi connectivity index (χ2n) is 6.49. The highest BCUT2D eigenvalue weighted by Gasteiger charge is 2.18. The van der Waals surface area contributed by atoms with Crippen molar-refractivity contribution in [1.29, 1.82) is 0 Å². The lowest BCUT2D eigenvalue weighted by Crippen LogP contribution is -2.30. The molecule has 3 rings (SSSR count). The molecule has 0 aliphatic carbocycles. The lowest BCUT2D eigenvalue weighted by molar-refractivity contribution is -0.133. The Morgan fingerprint density at radius 2 is 2.00 bits per heavy atom. The van der Waals surface area contributed by atoms with Crippen molar-refractivity contribution in [1.82, 2.24) is 10.1 Å². The second-order valence-corrected chi connectivity index (χ2v) is 8.54. The molecule has 2 aromatic heterocycles. The fraction of sp³-hybridized carbons (Fsp3) is 0.286. The minimum Gasteiger partial charge on any atom is -0.452 e. The van der Waals surface area contributed by atoms with Crippen molar-refractivity contribution >= 4 is 35.0 Å². The molecule has 0 unspecified atom stereocenters. The van der Waals surface area contributed by atoms with E-state index in [4.69, 9.17) is 9.26 Å². The average Bonchev–Trinajstić information content (AvgIpc) is 3.34. The number of ether oxygens (including phenoxy) is 1. The number of nitrogens with zero attached hydrogens (tertiary/aromatic N) is 2. The van der Waals surface area contributed by atoms with Crippen LogP contribution in [0, 0.1) is 13.8 Å². The highest BCUT2D eigenvalue weighted by atomic mass is 32.2. The van der Waals surface area contributed by atoms with Crippen molar-refractivity contribution < 1.29 is 18.8 Å². The first-order chi connectivity index (χ1) is 14.0. The molecule has 0 fully saturated rings. The average molecular weight is 431 g/mol. The lowest BCUT2D eigenvalue weighted by atomic mass is 10.2. The van der Waals surface area contributed by atoms with E-state index in [-0.39, 0.29) is 12.5 Å². The Morgan fingerprint density at radius 3 is 2.69 bits per heavy atom. The van der Waals surface area contributed by atoms with Gasteiger partial charge in [-0.3, -0.25) is 4.79 Å². The van der Waals surface area contributed by atoms with Crippen molar-refractivity contribution in [3.8, 4) is 0 Å². The van der Waals surface area contributed by atoms with Gasteiger partial charge in [-0.1, -0.05) is 23.4 Å². The van der Waals surface area contributed by atoms with E-state index < -0.39 is 5.97 Å². The normalized spacial score (nSPS) is 10.7. The third-order valence-electron chi connectivity index (χ3n) is 4.39. The molecule has 0 saturated heterocycles. The molecule has 0 spiro atoms. The number of esters is 1. The van der Waals surface area contributed by atoms with Crippen LogP contribution in [0.15, 0.2) is 51.2 Å². The van der Waals surface area contributed by atoms with Crippen LogP contribution in [-0.4, -0.2) is 35.6 Å². The molecule has 0 radical (unpaired) electrons. The zero-order chi connectivity index (χ0) is 20.8. The molecule has 29 heavy (non-hydrogen) atoms. The van der Waals surface area contributed by atoms with Gasteiger partial charge in [-0.05, 0) is 37.4 Å². The van der Waals surface area contributed by atoms with Crippen LogP contribution < -0.4 is 0 Å². The maximum atomic E-state index is 12.6. The summed E-state index contributed by atoms with van der Waals surface area (Å²) in [5.74, 6) is 0.653. The molecule has 1 amide bonds. The third-order valence-corrected chi connectivity index (χ3v) is 6.35. The number of amides is 1. The second kappa shape index (κ2) is 9.76. The van der Waals surface area contributed by atoms with Gasteiger partial charge in [-0.25, -0.2) is 4.79 Å². The Hall–Kier alpha value is -2.58. The summed E-state index contributed by atoms with van der Waals surface area (Å²) in [7, 11) is 1.70. The number of aromatic nitrogens is 1. The number of carbonyl (C=O) groups excluding carboxylic acids is 2. The van der Waals surface area contributed by atoms with Gasteiger partial charge in [0.2, 0.25) is 0 Å². The monoisotopic (exact) mass is 430 g/mol. The summed E-state index contributed by atoms with van der Waals surface area (Å²) < 4.78 is 10.5. The quantitative estimate of drug-likeness (QED) is 0.388. The molecule has 1 aromatic carbocycles. The number of carbonyl (C=O) groups is 2. The van der Waals surface area contributed by atoms with E-state index in [1.165, 1.54) is 11.8 Å². The van der Waals surface area contributed by atoms with Gasteiger partial charge in [0.15, 0.2) is 6.61 Å². The van der Waals surface area contributed by atoms with Gasteiger partial charge in [0.05, 0.1) is 17.8 Å². The summed E-state index contributed by atoms with van der Waals surface area (Å²) >= 11 is 3.09. The van der Waals surface area contributed by atoms with E-state index in [0.717, 1.165) is 26.8 Å². The summed E-state index contributed by atoms with van der Waals surface area (Å²) in [5.41, 5.74) is 2.30. The standard InChI is InChI=1S/C21H22N2O4S2/c1-14-18(15(2)27-22-14)13-29-19-9-5-4-8-17(19)21(25)26-12-20(24)23(3)11-16-7-6-10-28-16/h4-10H,11-13H2,1-3H3. The molecule has 0 atom stereocenters. The molecule has 0 aliphatic heterocycles. The summed E-state index contributed by atoms with van der Waals surface area (Å²) in [6, 6.07) is 11.1. The van der Waals surface area contributed by atoms with E-state index in [0.29, 0.717) is 17.9 Å². The van der Waals surface area contributed by atoms with E-state index in [1.54, 1.807) is 35.4 Å². The van der Waals surface area contributed by atoms with Crippen molar-refractivity contribution in [3.05, 3.63) is 69.2 Å². The number of thiophene rings is 1. The molecule has 3 aromatic rings. The zero-order valence-corrected chi connectivity index (χ0v) is 18.1. The number of thioether (sulfide) groups is 1.